The maximum atomic E-state index is 10.7. The fourth-order valence-electron chi connectivity index (χ4n) is 1.67. The Labute approximate surface area is 89.4 Å². The molecule has 82 valence electrons. The van der Waals surface area contributed by atoms with Gasteiger partial charge in [0.25, 0.3) is 0 Å². The molecule has 1 aromatic carbocycles. The molecule has 0 aliphatic rings. The highest BCUT2D eigenvalue weighted by Crippen LogP contribution is 2.34. The SMILES string of the molecule is Cc1ccc(O)c(C(C)(C)CC(=O)O)c1. The van der Waals surface area contributed by atoms with Crippen LogP contribution in [0.25, 0.3) is 0 Å². The van der Waals surface area contributed by atoms with Crippen LogP contribution in [-0.2, 0) is 10.2 Å². The molecule has 0 amide bonds. The molecule has 0 fully saturated rings. The monoisotopic (exact) mass is 208 g/mol. The van der Waals surface area contributed by atoms with Crippen LogP contribution in [0.5, 0.6) is 5.75 Å². The summed E-state index contributed by atoms with van der Waals surface area (Å²) in [5.74, 6) is -0.701. The molecule has 1 rings (SSSR count). The molecule has 0 radical (unpaired) electrons. The highest BCUT2D eigenvalue weighted by atomic mass is 16.4. The molecule has 0 unspecified atom stereocenters. The number of carboxylic acids is 1. The standard InChI is InChI=1S/C12H16O3/c1-8-4-5-10(13)9(6-8)12(2,3)7-11(14)15/h4-6,13H,7H2,1-3H3,(H,14,15). The van der Waals surface area contributed by atoms with Gasteiger partial charge in [-0.3, -0.25) is 4.79 Å². The summed E-state index contributed by atoms with van der Waals surface area (Å²) in [5.41, 5.74) is 1.15. The molecule has 3 heteroatoms. The van der Waals surface area contributed by atoms with Gasteiger partial charge in [-0.05, 0) is 13.0 Å². The molecule has 0 aromatic heterocycles. The maximum absolute atomic E-state index is 10.7. The molecule has 0 aliphatic carbocycles. The lowest BCUT2D eigenvalue weighted by molar-refractivity contribution is -0.138. The highest BCUT2D eigenvalue weighted by molar-refractivity contribution is 5.69. The zero-order valence-electron chi connectivity index (χ0n) is 9.24. The van der Waals surface area contributed by atoms with E-state index in [0.717, 1.165) is 5.56 Å². The van der Waals surface area contributed by atoms with Gasteiger partial charge in [-0.15, -0.1) is 0 Å². The van der Waals surface area contributed by atoms with Gasteiger partial charge in [0, 0.05) is 11.0 Å². The number of rotatable bonds is 3. The van der Waals surface area contributed by atoms with Crippen molar-refractivity contribution in [1.82, 2.24) is 0 Å². The van der Waals surface area contributed by atoms with E-state index in [1.807, 2.05) is 26.8 Å². The first-order valence-corrected chi connectivity index (χ1v) is 4.85. The fraction of sp³-hybridized carbons (Fsp3) is 0.417. The Morgan fingerprint density at radius 2 is 2.00 bits per heavy atom. The lowest BCUT2D eigenvalue weighted by Gasteiger charge is -2.24. The summed E-state index contributed by atoms with van der Waals surface area (Å²) in [6.45, 7) is 5.55. The van der Waals surface area contributed by atoms with Crippen LogP contribution >= 0.6 is 0 Å². The summed E-state index contributed by atoms with van der Waals surface area (Å²) in [7, 11) is 0. The van der Waals surface area contributed by atoms with Crippen molar-refractivity contribution < 1.29 is 15.0 Å². The lowest BCUT2D eigenvalue weighted by Crippen LogP contribution is -2.21. The topological polar surface area (TPSA) is 57.5 Å². The Bertz CT molecular complexity index is 380. The van der Waals surface area contributed by atoms with E-state index in [1.165, 1.54) is 0 Å². The minimum atomic E-state index is -0.860. The van der Waals surface area contributed by atoms with Gasteiger partial charge in [0.2, 0.25) is 0 Å². The van der Waals surface area contributed by atoms with Crippen LogP contribution in [0.4, 0.5) is 0 Å². The van der Waals surface area contributed by atoms with E-state index < -0.39 is 11.4 Å². The number of carbonyl (C=O) groups is 1. The molecule has 1 aromatic rings. The minimum absolute atomic E-state index is 0.00398. The number of phenolic OH excluding ortho intramolecular Hbond substituents is 1. The molecule has 0 spiro atoms. The third-order valence-electron chi connectivity index (χ3n) is 2.47. The van der Waals surface area contributed by atoms with Crippen molar-refractivity contribution in [2.45, 2.75) is 32.6 Å². The number of hydrogen-bond acceptors (Lipinski definition) is 2. The second-order valence-electron chi connectivity index (χ2n) is 4.48. The Balaban J connectivity index is 3.13. The van der Waals surface area contributed by atoms with Crippen LogP contribution in [0.15, 0.2) is 18.2 Å². The zero-order valence-corrected chi connectivity index (χ0v) is 9.24. The van der Waals surface area contributed by atoms with Crippen molar-refractivity contribution in [1.29, 1.82) is 0 Å². The van der Waals surface area contributed by atoms with Gasteiger partial charge in [0.15, 0.2) is 0 Å². The number of hydrogen-bond donors (Lipinski definition) is 2. The van der Waals surface area contributed by atoms with Crippen molar-refractivity contribution in [3.05, 3.63) is 29.3 Å². The van der Waals surface area contributed by atoms with Gasteiger partial charge in [-0.1, -0.05) is 31.5 Å². The van der Waals surface area contributed by atoms with E-state index in [-0.39, 0.29) is 12.2 Å². The maximum Gasteiger partial charge on any atom is 0.304 e. The molecule has 0 bridgehead atoms. The fourth-order valence-corrected chi connectivity index (χ4v) is 1.67. The summed E-state index contributed by atoms with van der Waals surface area (Å²) in [5, 5.41) is 18.5. The summed E-state index contributed by atoms with van der Waals surface area (Å²) < 4.78 is 0. The predicted molar refractivity (Wildman–Crippen MR) is 58.1 cm³/mol. The van der Waals surface area contributed by atoms with Gasteiger partial charge in [0.05, 0.1) is 6.42 Å². The molecule has 0 saturated heterocycles. The number of aromatic hydroxyl groups is 1. The first kappa shape index (κ1) is 11.6. The number of aliphatic carboxylic acids is 1. The number of aryl methyl sites for hydroxylation is 1. The van der Waals surface area contributed by atoms with Crippen LogP contribution in [0, 0.1) is 6.92 Å². The summed E-state index contributed by atoms with van der Waals surface area (Å²) in [4.78, 5) is 10.7. The van der Waals surface area contributed by atoms with Gasteiger partial charge < -0.3 is 10.2 Å². The van der Waals surface area contributed by atoms with Crippen LogP contribution in [0.3, 0.4) is 0 Å². The molecular formula is C12H16O3. The number of benzene rings is 1. The van der Waals surface area contributed by atoms with Gasteiger partial charge in [-0.2, -0.15) is 0 Å². The van der Waals surface area contributed by atoms with Crippen molar-refractivity contribution >= 4 is 5.97 Å². The van der Waals surface area contributed by atoms with Crippen molar-refractivity contribution in [3.8, 4) is 5.75 Å². The number of carboxylic acid groups (broad SMARTS) is 1. The second-order valence-corrected chi connectivity index (χ2v) is 4.48. The van der Waals surface area contributed by atoms with Crippen molar-refractivity contribution in [3.63, 3.8) is 0 Å². The smallest absolute Gasteiger partial charge is 0.304 e. The summed E-state index contributed by atoms with van der Waals surface area (Å²) in [6.07, 6.45) is 0.00398. The quantitative estimate of drug-likeness (QED) is 0.802. The van der Waals surface area contributed by atoms with Crippen LogP contribution in [0.1, 0.15) is 31.4 Å². The minimum Gasteiger partial charge on any atom is -0.508 e. The van der Waals surface area contributed by atoms with E-state index in [4.69, 9.17) is 5.11 Å². The largest absolute Gasteiger partial charge is 0.508 e. The average Bonchev–Trinajstić information content (AvgIpc) is 2.06. The first-order chi connectivity index (χ1) is 6.83. The molecule has 3 nitrogen and oxygen atoms in total. The third-order valence-corrected chi connectivity index (χ3v) is 2.47. The van der Waals surface area contributed by atoms with Gasteiger partial charge >= 0.3 is 5.97 Å². The van der Waals surface area contributed by atoms with Crippen molar-refractivity contribution in [2.75, 3.05) is 0 Å². The molecule has 15 heavy (non-hydrogen) atoms. The molecule has 2 N–H and O–H groups in total. The molecular weight excluding hydrogens is 192 g/mol. The summed E-state index contributed by atoms with van der Waals surface area (Å²) in [6, 6.07) is 5.24. The third kappa shape index (κ3) is 2.72. The molecule has 0 atom stereocenters. The van der Waals surface area contributed by atoms with Gasteiger partial charge in [0.1, 0.15) is 5.75 Å². The Kier molecular flexibility index (Phi) is 3.03. The number of phenols is 1. The van der Waals surface area contributed by atoms with Gasteiger partial charge in [-0.25, -0.2) is 0 Å². The van der Waals surface area contributed by atoms with E-state index in [0.29, 0.717) is 5.56 Å². The predicted octanol–water partition coefficient (Wildman–Crippen LogP) is 2.45. The van der Waals surface area contributed by atoms with E-state index in [2.05, 4.69) is 0 Å². The Morgan fingerprint density at radius 3 is 2.53 bits per heavy atom. The lowest BCUT2D eigenvalue weighted by atomic mass is 9.80. The van der Waals surface area contributed by atoms with Crippen LogP contribution in [-0.4, -0.2) is 16.2 Å². The van der Waals surface area contributed by atoms with Crippen molar-refractivity contribution in [2.24, 2.45) is 0 Å². The second kappa shape index (κ2) is 3.93. The van der Waals surface area contributed by atoms with Crippen LogP contribution < -0.4 is 0 Å². The van der Waals surface area contributed by atoms with E-state index in [9.17, 15) is 9.90 Å². The Morgan fingerprint density at radius 1 is 1.40 bits per heavy atom. The average molecular weight is 208 g/mol. The van der Waals surface area contributed by atoms with E-state index in [1.54, 1.807) is 12.1 Å². The normalized spacial score (nSPS) is 11.4. The molecule has 0 saturated carbocycles. The van der Waals surface area contributed by atoms with E-state index >= 15 is 0 Å². The first-order valence-electron chi connectivity index (χ1n) is 4.85. The van der Waals surface area contributed by atoms with Crippen LogP contribution in [0.2, 0.25) is 0 Å². The zero-order chi connectivity index (χ0) is 11.6. The highest BCUT2D eigenvalue weighted by Gasteiger charge is 2.26. The Hall–Kier alpha value is -1.51. The molecule has 0 heterocycles. The summed E-state index contributed by atoms with van der Waals surface area (Å²) >= 11 is 0. The molecule has 0 aliphatic heterocycles.